The standard InChI is InChI=1S/C11H22N2O3S/c1-12(10-6-2-3-7-11(10)14)17(15,16)13-8-4-5-9-13/h10-11,14H,2-9H2,1H3. The zero-order chi connectivity index (χ0) is 12.5. The van der Waals surface area contributed by atoms with E-state index in [-0.39, 0.29) is 6.04 Å². The molecule has 2 fully saturated rings. The van der Waals surface area contributed by atoms with E-state index in [2.05, 4.69) is 0 Å². The van der Waals surface area contributed by atoms with Gasteiger partial charge in [-0.15, -0.1) is 0 Å². The molecule has 100 valence electrons. The lowest BCUT2D eigenvalue weighted by Gasteiger charge is -2.36. The van der Waals surface area contributed by atoms with Crippen molar-refractivity contribution >= 4 is 10.2 Å². The number of likely N-dealkylation sites (N-methyl/N-ethyl adjacent to an activating group) is 1. The maximum atomic E-state index is 12.3. The van der Waals surface area contributed by atoms with E-state index in [0.29, 0.717) is 19.5 Å². The van der Waals surface area contributed by atoms with E-state index in [1.54, 1.807) is 7.05 Å². The number of nitrogens with zero attached hydrogens (tertiary/aromatic N) is 2. The molecule has 2 rings (SSSR count). The van der Waals surface area contributed by atoms with Crippen LogP contribution in [0.5, 0.6) is 0 Å². The van der Waals surface area contributed by atoms with Gasteiger partial charge in [-0.25, -0.2) is 0 Å². The van der Waals surface area contributed by atoms with Crippen LogP contribution in [0.3, 0.4) is 0 Å². The van der Waals surface area contributed by atoms with Crippen molar-refractivity contribution in [3.63, 3.8) is 0 Å². The van der Waals surface area contributed by atoms with E-state index >= 15 is 0 Å². The van der Waals surface area contributed by atoms with Crippen LogP contribution in [0.15, 0.2) is 0 Å². The van der Waals surface area contributed by atoms with Crippen molar-refractivity contribution in [3.05, 3.63) is 0 Å². The second kappa shape index (κ2) is 5.22. The molecule has 0 aromatic rings. The number of rotatable bonds is 3. The van der Waals surface area contributed by atoms with Gasteiger partial charge in [0.1, 0.15) is 0 Å². The van der Waals surface area contributed by atoms with Crippen LogP contribution in [-0.4, -0.2) is 54.4 Å². The van der Waals surface area contributed by atoms with Crippen molar-refractivity contribution in [2.45, 2.75) is 50.7 Å². The van der Waals surface area contributed by atoms with E-state index in [1.807, 2.05) is 0 Å². The Balaban J connectivity index is 2.09. The monoisotopic (exact) mass is 262 g/mol. The zero-order valence-corrected chi connectivity index (χ0v) is 11.2. The van der Waals surface area contributed by atoms with Crippen molar-refractivity contribution in [2.24, 2.45) is 0 Å². The van der Waals surface area contributed by atoms with Crippen LogP contribution in [0.1, 0.15) is 38.5 Å². The smallest absolute Gasteiger partial charge is 0.282 e. The number of aliphatic hydroxyl groups excluding tert-OH is 1. The van der Waals surface area contributed by atoms with Crippen LogP contribution in [0, 0.1) is 0 Å². The lowest BCUT2D eigenvalue weighted by molar-refractivity contribution is 0.0617. The summed E-state index contributed by atoms with van der Waals surface area (Å²) >= 11 is 0. The minimum Gasteiger partial charge on any atom is -0.391 e. The fourth-order valence-corrected chi connectivity index (χ4v) is 4.46. The molecule has 17 heavy (non-hydrogen) atoms. The van der Waals surface area contributed by atoms with E-state index in [4.69, 9.17) is 0 Å². The van der Waals surface area contributed by atoms with E-state index in [0.717, 1.165) is 32.1 Å². The molecule has 1 aliphatic heterocycles. The van der Waals surface area contributed by atoms with Gasteiger partial charge in [-0.05, 0) is 25.7 Å². The van der Waals surface area contributed by atoms with Crippen molar-refractivity contribution in [2.75, 3.05) is 20.1 Å². The lowest BCUT2D eigenvalue weighted by atomic mass is 9.93. The van der Waals surface area contributed by atoms with Gasteiger partial charge in [-0.2, -0.15) is 17.0 Å². The highest BCUT2D eigenvalue weighted by Crippen LogP contribution is 2.26. The van der Waals surface area contributed by atoms with Crippen molar-refractivity contribution < 1.29 is 13.5 Å². The van der Waals surface area contributed by atoms with Gasteiger partial charge in [-0.1, -0.05) is 12.8 Å². The largest absolute Gasteiger partial charge is 0.391 e. The molecule has 2 unspecified atom stereocenters. The second-order valence-corrected chi connectivity index (χ2v) is 7.04. The van der Waals surface area contributed by atoms with Gasteiger partial charge in [0.25, 0.3) is 10.2 Å². The fourth-order valence-electron chi connectivity index (χ4n) is 2.79. The molecule has 0 aromatic carbocycles. The third-order valence-electron chi connectivity index (χ3n) is 3.92. The first-order valence-corrected chi connectivity index (χ1v) is 7.84. The molecule has 0 spiro atoms. The van der Waals surface area contributed by atoms with Crippen LogP contribution < -0.4 is 0 Å². The molecule has 0 bridgehead atoms. The summed E-state index contributed by atoms with van der Waals surface area (Å²) in [5.41, 5.74) is 0. The molecule has 5 nitrogen and oxygen atoms in total. The van der Waals surface area contributed by atoms with Gasteiger partial charge < -0.3 is 5.11 Å². The average Bonchev–Trinajstić information content (AvgIpc) is 2.83. The molecular formula is C11H22N2O3S. The van der Waals surface area contributed by atoms with E-state index in [1.165, 1.54) is 8.61 Å². The Hall–Kier alpha value is -0.170. The topological polar surface area (TPSA) is 60.9 Å². The molecular weight excluding hydrogens is 240 g/mol. The van der Waals surface area contributed by atoms with Crippen molar-refractivity contribution in [3.8, 4) is 0 Å². The molecule has 1 saturated heterocycles. The molecule has 6 heteroatoms. The quantitative estimate of drug-likeness (QED) is 0.808. The molecule has 0 amide bonds. The van der Waals surface area contributed by atoms with E-state index in [9.17, 15) is 13.5 Å². The van der Waals surface area contributed by atoms with Crippen LogP contribution in [0.25, 0.3) is 0 Å². The lowest BCUT2D eigenvalue weighted by Crippen LogP contribution is -2.50. The third kappa shape index (κ3) is 2.65. The number of hydrogen-bond acceptors (Lipinski definition) is 3. The molecule has 0 aromatic heterocycles. The maximum Gasteiger partial charge on any atom is 0.282 e. The Kier molecular flexibility index (Phi) is 4.07. The first-order chi connectivity index (χ1) is 8.03. The van der Waals surface area contributed by atoms with Crippen molar-refractivity contribution in [1.82, 2.24) is 8.61 Å². The molecule has 1 N–H and O–H groups in total. The summed E-state index contributed by atoms with van der Waals surface area (Å²) in [4.78, 5) is 0. The molecule has 2 atom stereocenters. The first-order valence-electron chi connectivity index (χ1n) is 6.44. The van der Waals surface area contributed by atoms with Gasteiger partial charge in [0, 0.05) is 20.1 Å². The first kappa shape index (κ1) is 13.3. The van der Waals surface area contributed by atoms with Crippen LogP contribution in [0.2, 0.25) is 0 Å². The van der Waals surface area contributed by atoms with Crippen LogP contribution >= 0.6 is 0 Å². The minimum atomic E-state index is -3.36. The third-order valence-corrected chi connectivity index (χ3v) is 5.93. The summed E-state index contributed by atoms with van der Waals surface area (Å²) < 4.78 is 27.6. The number of aliphatic hydroxyl groups is 1. The van der Waals surface area contributed by atoms with Gasteiger partial charge in [0.05, 0.1) is 12.1 Å². The summed E-state index contributed by atoms with van der Waals surface area (Å²) in [6, 6.07) is -0.241. The normalized spacial score (nSPS) is 32.2. The Morgan fingerprint density at radius 1 is 1.12 bits per heavy atom. The molecule has 2 aliphatic rings. The highest BCUT2D eigenvalue weighted by Gasteiger charge is 2.37. The Morgan fingerprint density at radius 2 is 1.71 bits per heavy atom. The van der Waals surface area contributed by atoms with E-state index < -0.39 is 16.3 Å². The van der Waals surface area contributed by atoms with Gasteiger partial charge in [0.15, 0.2) is 0 Å². The predicted molar refractivity (Wildman–Crippen MR) is 65.8 cm³/mol. The average molecular weight is 262 g/mol. The van der Waals surface area contributed by atoms with Gasteiger partial charge in [0.2, 0.25) is 0 Å². The summed E-state index contributed by atoms with van der Waals surface area (Å²) in [7, 11) is -1.76. The maximum absolute atomic E-state index is 12.3. The Morgan fingerprint density at radius 3 is 2.29 bits per heavy atom. The van der Waals surface area contributed by atoms with Crippen LogP contribution in [0.4, 0.5) is 0 Å². The predicted octanol–water partition coefficient (Wildman–Crippen LogP) is 0.562. The molecule has 1 saturated carbocycles. The number of hydrogen-bond donors (Lipinski definition) is 1. The van der Waals surface area contributed by atoms with Gasteiger partial charge in [-0.3, -0.25) is 0 Å². The Labute approximate surface area is 104 Å². The minimum absolute atomic E-state index is 0.241. The summed E-state index contributed by atoms with van der Waals surface area (Å²) in [6.07, 6.45) is 4.86. The highest BCUT2D eigenvalue weighted by molar-refractivity contribution is 7.86. The highest BCUT2D eigenvalue weighted by atomic mass is 32.2. The van der Waals surface area contributed by atoms with Gasteiger partial charge >= 0.3 is 0 Å². The SMILES string of the molecule is CN(C1CCCCC1O)S(=O)(=O)N1CCCC1. The summed E-state index contributed by atoms with van der Waals surface area (Å²) in [6.45, 7) is 1.24. The molecule has 1 aliphatic carbocycles. The summed E-state index contributed by atoms with van der Waals surface area (Å²) in [5.74, 6) is 0. The summed E-state index contributed by atoms with van der Waals surface area (Å²) in [5, 5.41) is 9.92. The Bertz CT molecular complexity index is 352. The zero-order valence-electron chi connectivity index (χ0n) is 10.4. The second-order valence-electron chi connectivity index (χ2n) is 5.05. The molecule has 0 radical (unpaired) electrons. The van der Waals surface area contributed by atoms with Crippen LogP contribution in [-0.2, 0) is 10.2 Å². The fraction of sp³-hybridized carbons (Fsp3) is 1.00. The molecule has 1 heterocycles. The van der Waals surface area contributed by atoms with Crippen molar-refractivity contribution in [1.29, 1.82) is 0 Å².